The van der Waals surface area contributed by atoms with Crippen molar-refractivity contribution in [1.29, 1.82) is 0 Å². The summed E-state index contributed by atoms with van der Waals surface area (Å²) in [4.78, 5) is 36.0. The predicted molar refractivity (Wildman–Crippen MR) is 106 cm³/mol. The van der Waals surface area contributed by atoms with Gasteiger partial charge in [0, 0.05) is 45.3 Å². The maximum absolute atomic E-state index is 12.5. The lowest BCUT2D eigenvalue weighted by Crippen LogP contribution is -2.14. The van der Waals surface area contributed by atoms with Gasteiger partial charge in [-0.3, -0.25) is 9.59 Å². The van der Waals surface area contributed by atoms with Gasteiger partial charge in [0.1, 0.15) is 23.9 Å². The highest BCUT2D eigenvalue weighted by Gasteiger charge is 2.21. The summed E-state index contributed by atoms with van der Waals surface area (Å²) in [5.41, 5.74) is 0.0935. The molecule has 1 N–H and O–H groups in total. The van der Waals surface area contributed by atoms with Crippen molar-refractivity contribution in [3.05, 3.63) is 33.2 Å². The predicted octanol–water partition coefficient (Wildman–Crippen LogP) is 2.57. The van der Waals surface area contributed by atoms with Crippen molar-refractivity contribution in [2.24, 2.45) is 0 Å². The third kappa shape index (κ3) is 5.42. The number of hydrogen-bond donors (Lipinski definition) is 1. The second-order valence-electron chi connectivity index (χ2n) is 6.60. The number of carbonyl (C=O) groups excluding carboxylic acids is 2. The second-order valence-corrected chi connectivity index (χ2v) is 6.60. The van der Waals surface area contributed by atoms with Crippen LogP contribution in [0.2, 0.25) is 0 Å². The fourth-order valence-corrected chi connectivity index (χ4v) is 3.11. The quantitative estimate of drug-likeness (QED) is 0.325. The molecule has 8 nitrogen and oxygen atoms in total. The molecule has 2 aromatic rings. The number of fused-ring (bicyclic) bond motifs is 1. The molecule has 0 spiro atoms. The van der Waals surface area contributed by atoms with E-state index in [1.54, 1.807) is 14.0 Å². The standard InChI is InChI=1S/C21H26O8/c1-13-15(7-6-14(23)5-4-8-26-2)21(25)29-20-16(12-22)17(24)11-18(19(13)20)28-10-9-27-3/h11-12,24H,4-10H2,1-3H3. The van der Waals surface area contributed by atoms with Crippen molar-refractivity contribution in [2.45, 2.75) is 32.6 Å². The molecule has 0 atom stereocenters. The van der Waals surface area contributed by atoms with E-state index in [9.17, 15) is 19.5 Å². The van der Waals surface area contributed by atoms with Crippen LogP contribution in [0.3, 0.4) is 0 Å². The summed E-state index contributed by atoms with van der Waals surface area (Å²) in [6.45, 7) is 2.73. The Labute approximate surface area is 168 Å². The largest absolute Gasteiger partial charge is 0.507 e. The SMILES string of the molecule is COCCCC(=O)CCc1c(C)c2c(OCCOC)cc(O)c(C=O)c2oc1=O. The molecule has 29 heavy (non-hydrogen) atoms. The average molecular weight is 406 g/mol. The van der Waals surface area contributed by atoms with Gasteiger partial charge in [0.05, 0.1) is 17.6 Å². The van der Waals surface area contributed by atoms with Crippen LogP contribution in [0.15, 0.2) is 15.3 Å². The van der Waals surface area contributed by atoms with E-state index >= 15 is 0 Å². The van der Waals surface area contributed by atoms with Crippen molar-refractivity contribution >= 4 is 23.0 Å². The number of hydrogen-bond acceptors (Lipinski definition) is 8. The molecule has 0 aliphatic heterocycles. The lowest BCUT2D eigenvalue weighted by atomic mass is 9.98. The number of methoxy groups -OCH3 is 2. The number of aromatic hydroxyl groups is 1. The topological polar surface area (TPSA) is 112 Å². The number of aryl methyl sites for hydroxylation is 1. The fraction of sp³-hybridized carbons (Fsp3) is 0.476. The first-order valence-corrected chi connectivity index (χ1v) is 9.34. The zero-order valence-electron chi connectivity index (χ0n) is 16.9. The van der Waals surface area contributed by atoms with Crippen LogP contribution >= 0.6 is 0 Å². The molecule has 8 heteroatoms. The molecule has 1 aromatic heterocycles. The smallest absolute Gasteiger partial charge is 0.339 e. The minimum Gasteiger partial charge on any atom is -0.507 e. The molecule has 0 saturated carbocycles. The Kier molecular flexibility index (Phi) is 8.35. The molecule has 1 aromatic carbocycles. The molecular weight excluding hydrogens is 380 g/mol. The fourth-order valence-electron chi connectivity index (χ4n) is 3.11. The highest BCUT2D eigenvalue weighted by atomic mass is 16.5. The van der Waals surface area contributed by atoms with Gasteiger partial charge in [0.15, 0.2) is 11.9 Å². The number of carbonyl (C=O) groups is 2. The molecule has 0 unspecified atom stereocenters. The number of aldehydes is 1. The molecule has 158 valence electrons. The van der Waals surface area contributed by atoms with Gasteiger partial charge in [-0.05, 0) is 25.3 Å². The summed E-state index contributed by atoms with van der Waals surface area (Å²) in [5.74, 6) is -0.0468. The van der Waals surface area contributed by atoms with Gasteiger partial charge >= 0.3 is 5.63 Å². The average Bonchev–Trinajstić information content (AvgIpc) is 2.68. The Balaban J connectivity index is 2.43. The van der Waals surface area contributed by atoms with Gasteiger partial charge in [-0.25, -0.2) is 4.79 Å². The summed E-state index contributed by atoms with van der Waals surface area (Å²) in [6.07, 6.45) is 1.84. The molecule has 0 radical (unpaired) electrons. The van der Waals surface area contributed by atoms with Crippen molar-refractivity contribution in [3.63, 3.8) is 0 Å². The first-order valence-electron chi connectivity index (χ1n) is 9.34. The van der Waals surface area contributed by atoms with Gasteiger partial charge in [0.2, 0.25) is 0 Å². The number of phenolic OH excluding ortho intramolecular Hbond substituents is 1. The summed E-state index contributed by atoms with van der Waals surface area (Å²) < 4.78 is 20.9. The van der Waals surface area contributed by atoms with E-state index in [2.05, 4.69) is 0 Å². The minimum atomic E-state index is -0.642. The number of Topliss-reactive ketones (excluding diaryl/α,β-unsaturated/α-hetero) is 1. The Hall–Kier alpha value is -2.71. The molecule has 0 fully saturated rings. The van der Waals surface area contributed by atoms with Crippen LogP contribution in [0.4, 0.5) is 0 Å². The summed E-state index contributed by atoms with van der Waals surface area (Å²) in [7, 11) is 3.10. The zero-order chi connectivity index (χ0) is 21.4. The molecule has 0 saturated heterocycles. The number of benzene rings is 1. The van der Waals surface area contributed by atoms with Crippen molar-refractivity contribution in [2.75, 3.05) is 34.0 Å². The second kappa shape index (κ2) is 10.7. The van der Waals surface area contributed by atoms with Crippen LogP contribution in [0.25, 0.3) is 11.0 Å². The van der Waals surface area contributed by atoms with E-state index in [0.717, 1.165) is 0 Å². The molecule has 0 bridgehead atoms. The normalized spacial score (nSPS) is 11.0. The van der Waals surface area contributed by atoms with E-state index in [0.29, 0.717) is 48.9 Å². The Morgan fingerprint density at radius 3 is 2.55 bits per heavy atom. The van der Waals surface area contributed by atoms with Crippen LogP contribution in [-0.4, -0.2) is 51.2 Å². The van der Waals surface area contributed by atoms with Crippen molar-refractivity contribution < 1.29 is 33.3 Å². The van der Waals surface area contributed by atoms with Crippen molar-refractivity contribution in [3.8, 4) is 11.5 Å². The number of ether oxygens (including phenoxy) is 3. The number of ketones is 1. The molecule has 1 heterocycles. The summed E-state index contributed by atoms with van der Waals surface area (Å²) >= 11 is 0. The van der Waals surface area contributed by atoms with Gasteiger partial charge in [-0.15, -0.1) is 0 Å². The first-order chi connectivity index (χ1) is 13.9. The maximum Gasteiger partial charge on any atom is 0.339 e. The highest BCUT2D eigenvalue weighted by molar-refractivity contribution is 6.01. The molecule has 0 aliphatic carbocycles. The van der Waals surface area contributed by atoms with Crippen LogP contribution < -0.4 is 10.4 Å². The Bertz CT molecular complexity index is 929. The number of phenols is 1. The zero-order valence-corrected chi connectivity index (χ0v) is 16.9. The Morgan fingerprint density at radius 2 is 1.90 bits per heavy atom. The molecule has 0 aliphatic rings. The van der Waals surface area contributed by atoms with Gasteiger partial charge < -0.3 is 23.7 Å². The summed E-state index contributed by atoms with van der Waals surface area (Å²) in [6, 6.07) is 1.31. The van der Waals surface area contributed by atoms with Gasteiger partial charge in [-0.2, -0.15) is 0 Å². The molecule has 0 amide bonds. The van der Waals surface area contributed by atoms with Gasteiger partial charge in [0.25, 0.3) is 0 Å². The lowest BCUT2D eigenvalue weighted by molar-refractivity contribution is -0.119. The van der Waals surface area contributed by atoms with Crippen LogP contribution in [0.5, 0.6) is 11.5 Å². The van der Waals surface area contributed by atoms with Crippen LogP contribution in [0.1, 0.15) is 40.7 Å². The van der Waals surface area contributed by atoms with Crippen LogP contribution in [0, 0.1) is 6.92 Å². The van der Waals surface area contributed by atoms with E-state index in [1.807, 2.05) is 0 Å². The van der Waals surface area contributed by atoms with Crippen LogP contribution in [-0.2, 0) is 20.7 Å². The molecular formula is C21H26O8. The first kappa shape index (κ1) is 22.6. The molecule has 2 rings (SSSR count). The lowest BCUT2D eigenvalue weighted by Gasteiger charge is -2.15. The highest BCUT2D eigenvalue weighted by Crippen LogP contribution is 2.36. The van der Waals surface area contributed by atoms with E-state index < -0.39 is 5.63 Å². The monoisotopic (exact) mass is 406 g/mol. The van der Waals surface area contributed by atoms with E-state index in [-0.39, 0.29) is 47.9 Å². The summed E-state index contributed by atoms with van der Waals surface area (Å²) in [5, 5.41) is 10.5. The number of rotatable bonds is 12. The minimum absolute atomic E-state index is 0.0248. The Morgan fingerprint density at radius 1 is 1.17 bits per heavy atom. The van der Waals surface area contributed by atoms with E-state index in [1.165, 1.54) is 13.2 Å². The van der Waals surface area contributed by atoms with Gasteiger partial charge in [-0.1, -0.05) is 0 Å². The third-order valence-electron chi connectivity index (χ3n) is 4.65. The maximum atomic E-state index is 12.5. The van der Waals surface area contributed by atoms with Crippen molar-refractivity contribution in [1.82, 2.24) is 0 Å². The third-order valence-corrected chi connectivity index (χ3v) is 4.65. The van der Waals surface area contributed by atoms with E-state index in [4.69, 9.17) is 18.6 Å².